The lowest BCUT2D eigenvalue weighted by molar-refractivity contribution is -0.122. The van der Waals surface area contributed by atoms with Crippen molar-refractivity contribution in [3.63, 3.8) is 0 Å². The number of benzene rings is 1. The molecular weight excluding hydrogens is 320 g/mol. The molecule has 0 radical (unpaired) electrons. The number of amides is 1. The van der Waals surface area contributed by atoms with Crippen molar-refractivity contribution >= 4 is 21.8 Å². The minimum absolute atomic E-state index is 0.0142. The topological polar surface area (TPSA) is 50.4 Å². The van der Waals surface area contributed by atoms with Crippen molar-refractivity contribution in [2.75, 3.05) is 13.7 Å². The molecule has 1 unspecified atom stereocenters. The highest BCUT2D eigenvalue weighted by Crippen LogP contribution is 2.28. The summed E-state index contributed by atoms with van der Waals surface area (Å²) >= 11 is 3.46. The summed E-state index contributed by atoms with van der Waals surface area (Å²) in [5.41, 5.74) is 1.08. The molecule has 0 aliphatic carbocycles. The summed E-state index contributed by atoms with van der Waals surface area (Å²) in [6.07, 6.45) is 0.363. The van der Waals surface area contributed by atoms with Crippen LogP contribution in [0.5, 0.6) is 5.75 Å². The molecule has 0 fully saturated rings. The average Bonchev–Trinajstić information content (AvgIpc) is 2.38. The van der Waals surface area contributed by atoms with Crippen LogP contribution in [0.2, 0.25) is 0 Å². The van der Waals surface area contributed by atoms with Crippen LogP contribution in [0.1, 0.15) is 38.8 Å². The number of carbonyl (C=O) groups excluding carboxylic acids is 1. The van der Waals surface area contributed by atoms with E-state index in [-0.39, 0.29) is 18.0 Å². The Balaban J connectivity index is 2.61. The van der Waals surface area contributed by atoms with Gasteiger partial charge in [-0.25, -0.2) is 0 Å². The summed E-state index contributed by atoms with van der Waals surface area (Å²) in [7, 11) is 1.91. The Labute approximate surface area is 129 Å². The van der Waals surface area contributed by atoms with Crippen molar-refractivity contribution in [2.45, 2.75) is 39.3 Å². The second kappa shape index (κ2) is 8.27. The summed E-state index contributed by atoms with van der Waals surface area (Å²) in [6.45, 7) is 6.34. The highest BCUT2D eigenvalue weighted by Gasteiger charge is 2.11. The van der Waals surface area contributed by atoms with Crippen molar-refractivity contribution in [2.24, 2.45) is 0 Å². The second-order valence-corrected chi connectivity index (χ2v) is 5.93. The number of halogens is 1. The van der Waals surface area contributed by atoms with Crippen LogP contribution in [-0.4, -0.2) is 25.6 Å². The fourth-order valence-corrected chi connectivity index (χ4v) is 2.17. The largest absolute Gasteiger partial charge is 0.493 e. The number of nitrogens with one attached hydrogen (secondary N) is 2. The molecule has 0 spiro atoms. The first-order valence-electron chi connectivity index (χ1n) is 6.83. The zero-order chi connectivity index (χ0) is 15.1. The van der Waals surface area contributed by atoms with Crippen LogP contribution in [0.4, 0.5) is 0 Å². The smallest absolute Gasteiger partial charge is 0.223 e. The highest BCUT2D eigenvalue weighted by atomic mass is 79.9. The van der Waals surface area contributed by atoms with Crippen LogP contribution < -0.4 is 15.4 Å². The maximum atomic E-state index is 11.6. The van der Waals surface area contributed by atoms with Gasteiger partial charge in [0.1, 0.15) is 5.75 Å². The van der Waals surface area contributed by atoms with E-state index in [1.165, 1.54) is 0 Å². The van der Waals surface area contributed by atoms with E-state index in [0.717, 1.165) is 15.8 Å². The van der Waals surface area contributed by atoms with Crippen molar-refractivity contribution in [1.82, 2.24) is 10.6 Å². The van der Waals surface area contributed by atoms with Crippen molar-refractivity contribution in [3.05, 3.63) is 28.2 Å². The molecule has 0 saturated carbocycles. The third-order valence-corrected chi connectivity index (χ3v) is 3.40. The Kier molecular flexibility index (Phi) is 7.02. The molecule has 1 aromatic carbocycles. The molecular formula is C15H23BrN2O2. The van der Waals surface area contributed by atoms with Gasteiger partial charge < -0.3 is 15.4 Å². The van der Waals surface area contributed by atoms with Crippen LogP contribution in [0.3, 0.4) is 0 Å². The van der Waals surface area contributed by atoms with E-state index in [4.69, 9.17) is 4.74 Å². The molecule has 0 saturated heterocycles. The van der Waals surface area contributed by atoms with Gasteiger partial charge >= 0.3 is 0 Å². The van der Waals surface area contributed by atoms with E-state index >= 15 is 0 Å². The van der Waals surface area contributed by atoms with Crippen LogP contribution >= 0.6 is 15.9 Å². The van der Waals surface area contributed by atoms with Gasteiger partial charge in [-0.2, -0.15) is 0 Å². The van der Waals surface area contributed by atoms with Crippen LogP contribution in [-0.2, 0) is 4.79 Å². The SMILES string of the molecule is CNC(C)c1cc(Br)ccc1OCCC(=O)NC(C)C. The predicted molar refractivity (Wildman–Crippen MR) is 85.0 cm³/mol. The number of hydrogen-bond donors (Lipinski definition) is 2. The zero-order valence-electron chi connectivity index (χ0n) is 12.5. The third kappa shape index (κ3) is 5.51. The summed E-state index contributed by atoms with van der Waals surface area (Å²) in [5.74, 6) is 0.827. The van der Waals surface area contributed by atoms with E-state index < -0.39 is 0 Å². The summed E-state index contributed by atoms with van der Waals surface area (Å²) in [4.78, 5) is 11.6. The number of rotatable bonds is 7. The zero-order valence-corrected chi connectivity index (χ0v) is 14.1. The maximum Gasteiger partial charge on any atom is 0.223 e. The van der Waals surface area contributed by atoms with Crippen molar-refractivity contribution < 1.29 is 9.53 Å². The van der Waals surface area contributed by atoms with Gasteiger partial charge in [-0.1, -0.05) is 15.9 Å². The normalized spacial score (nSPS) is 12.3. The number of hydrogen-bond acceptors (Lipinski definition) is 3. The first kappa shape index (κ1) is 17.0. The average molecular weight is 343 g/mol. The van der Waals surface area contributed by atoms with Gasteiger partial charge in [0.15, 0.2) is 0 Å². The van der Waals surface area contributed by atoms with E-state index in [2.05, 4.69) is 33.5 Å². The van der Waals surface area contributed by atoms with Gasteiger partial charge in [0, 0.05) is 22.1 Å². The lowest BCUT2D eigenvalue weighted by atomic mass is 10.1. The van der Waals surface area contributed by atoms with E-state index in [1.807, 2.05) is 39.1 Å². The Bertz CT molecular complexity index is 449. The Morgan fingerprint density at radius 1 is 1.35 bits per heavy atom. The van der Waals surface area contributed by atoms with Crippen molar-refractivity contribution in [1.29, 1.82) is 0 Å². The lowest BCUT2D eigenvalue weighted by Crippen LogP contribution is -2.31. The molecule has 0 bridgehead atoms. The maximum absolute atomic E-state index is 11.6. The van der Waals surface area contributed by atoms with Gasteiger partial charge in [0.2, 0.25) is 5.91 Å². The van der Waals surface area contributed by atoms with Crippen LogP contribution in [0.15, 0.2) is 22.7 Å². The number of carbonyl (C=O) groups is 1. The van der Waals surface area contributed by atoms with Gasteiger partial charge in [-0.3, -0.25) is 4.79 Å². The second-order valence-electron chi connectivity index (χ2n) is 5.01. The molecule has 1 amide bonds. The molecule has 0 aliphatic rings. The number of ether oxygens (including phenoxy) is 1. The van der Waals surface area contributed by atoms with Crippen LogP contribution in [0, 0.1) is 0 Å². The van der Waals surface area contributed by atoms with E-state index in [9.17, 15) is 4.79 Å². The summed E-state index contributed by atoms with van der Waals surface area (Å²) < 4.78 is 6.76. The molecule has 20 heavy (non-hydrogen) atoms. The first-order valence-corrected chi connectivity index (χ1v) is 7.62. The van der Waals surface area contributed by atoms with Gasteiger partial charge in [0.05, 0.1) is 13.0 Å². The fourth-order valence-electron chi connectivity index (χ4n) is 1.79. The molecule has 112 valence electrons. The van der Waals surface area contributed by atoms with Gasteiger partial charge in [0.25, 0.3) is 0 Å². The molecule has 0 aromatic heterocycles. The van der Waals surface area contributed by atoms with E-state index in [0.29, 0.717) is 13.0 Å². The molecule has 1 aromatic rings. The quantitative estimate of drug-likeness (QED) is 0.800. The van der Waals surface area contributed by atoms with E-state index in [1.54, 1.807) is 0 Å². The minimum Gasteiger partial charge on any atom is -0.493 e. The fraction of sp³-hybridized carbons (Fsp3) is 0.533. The molecule has 0 aliphatic heterocycles. The van der Waals surface area contributed by atoms with Crippen molar-refractivity contribution in [3.8, 4) is 5.75 Å². The molecule has 0 heterocycles. The lowest BCUT2D eigenvalue weighted by Gasteiger charge is -2.17. The van der Waals surface area contributed by atoms with Gasteiger partial charge in [-0.05, 0) is 46.0 Å². The summed E-state index contributed by atoms with van der Waals surface area (Å²) in [6, 6.07) is 6.25. The molecule has 1 atom stereocenters. The Morgan fingerprint density at radius 3 is 2.65 bits per heavy atom. The standard InChI is InChI=1S/C15H23BrN2O2/c1-10(2)18-15(19)7-8-20-14-6-5-12(16)9-13(14)11(3)17-4/h5-6,9-11,17H,7-8H2,1-4H3,(H,18,19). The molecule has 5 heteroatoms. The monoisotopic (exact) mass is 342 g/mol. The highest BCUT2D eigenvalue weighted by molar-refractivity contribution is 9.10. The first-order chi connectivity index (χ1) is 9.43. The molecule has 2 N–H and O–H groups in total. The summed E-state index contributed by atoms with van der Waals surface area (Å²) in [5, 5.41) is 6.04. The van der Waals surface area contributed by atoms with Crippen LogP contribution in [0.25, 0.3) is 0 Å². The third-order valence-electron chi connectivity index (χ3n) is 2.91. The molecule has 4 nitrogen and oxygen atoms in total. The minimum atomic E-state index is 0.0142. The Hall–Kier alpha value is -1.07. The molecule has 1 rings (SSSR count). The predicted octanol–water partition coefficient (Wildman–Crippen LogP) is 3.02. The van der Waals surface area contributed by atoms with Gasteiger partial charge in [-0.15, -0.1) is 0 Å². The Morgan fingerprint density at radius 2 is 2.05 bits per heavy atom.